The van der Waals surface area contributed by atoms with E-state index in [1.165, 1.54) is 10.4 Å². The first kappa shape index (κ1) is 22.9. The molecular weight excluding hydrogens is 454 g/mol. The first-order chi connectivity index (χ1) is 16.6. The van der Waals surface area contributed by atoms with Crippen LogP contribution in [-0.2, 0) is 27.2 Å². The van der Waals surface area contributed by atoms with E-state index in [-0.39, 0.29) is 24.9 Å². The number of morpholine rings is 1. The Morgan fingerprint density at radius 3 is 2.65 bits per heavy atom. The molecule has 2 aromatic rings. The minimum atomic E-state index is -0.156. The first-order valence-corrected chi connectivity index (χ1v) is 12.5. The minimum absolute atomic E-state index is 0.00373. The van der Waals surface area contributed by atoms with Gasteiger partial charge in [-0.3, -0.25) is 19.5 Å². The van der Waals surface area contributed by atoms with Crippen molar-refractivity contribution < 1.29 is 23.8 Å². The molecule has 1 aliphatic carbocycles. The third kappa shape index (κ3) is 4.18. The third-order valence-corrected chi connectivity index (χ3v) is 7.94. The highest BCUT2D eigenvalue weighted by atomic mass is 32.1. The van der Waals surface area contributed by atoms with Crippen LogP contribution in [0.3, 0.4) is 0 Å². The SMILES string of the molecule is COc1ccc(C2=NCC(=O)N(CC(=O)N3CCOCC3)c3sc4c(c32)CCCC4)cc1OC. The summed E-state index contributed by atoms with van der Waals surface area (Å²) in [5, 5.41) is 0.838. The fourth-order valence-electron chi connectivity index (χ4n) is 4.84. The highest BCUT2D eigenvalue weighted by molar-refractivity contribution is 7.17. The molecule has 9 heteroatoms. The maximum absolute atomic E-state index is 13.3. The maximum atomic E-state index is 13.3. The lowest BCUT2D eigenvalue weighted by Gasteiger charge is -2.29. The zero-order valence-corrected chi connectivity index (χ0v) is 20.4. The van der Waals surface area contributed by atoms with Crippen molar-refractivity contribution >= 4 is 33.9 Å². The average molecular weight is 484 g/mol. The smallest absolute Gasteiger partial charge is 0.249 e. The number of aryl methyl sites for hydroxylation is 1. The van der Waals surface area contributed by atoms with E-state index < -0.39 is 0 Å². The molecule has 0 bridgehead atoms. The van der Waals surface area contributed by atoms with Crippen molar-refractivity contribution in [2.45, 2.75) is 25.7 Å². The molecular formula is C25H29N3O5S. The molecule has 0 N–H and O–H groups in total. The van der Waals surface area contributed by atoms with Crippen molar-refractivity contribution in [1.82, 2.24) is 4.90 Å². The van der Waals surface area contributed by atoms with Gasteiger partial charge in [-0.05, 0) is 49.4 Å². The molecule has 0 spiro atoms. The van der Waals surface area contributed by atoms with E-state index in [0.717, 1.165) is 47.5 Å². The highest BCUT2D eigenvalue weighted by Crippen LogP contribution is 2.43. The number of amides is 2. The van der Waals surface area contributed by atoms with Gasteiger partial charge in [0.1, 0.15) is 18.1 Å². The molecule has 0 atom stereocenters. The second kappa shape index (κ2) is 9.76. The third-order valence-electron chi connectivity index (χ3n) is 6.62. The number of carbonyl (C=O) groups excluding carboxylic acids is 2. The van der Waals surface area contributed by atoms with Crippen LogP contribution in [0, 0.1) is 0 Å². The van der Waals surface area contributed by atoms with Gasteiger partial charge in [-0.2, -0.15) is 0 Å². The molecule has 2 aliphatic heterocycles. The van der Waals surface area contributed by atoms with Gasteiger partial charge in [0.15, 0.2) is 11.5 Å². The number of benzene rings is 1. The Hall–Kier alpha value is -2.91. The van der Waals surface area contributed by atoms with Crippen molar-refractivity contribution in [1.29, 1.82) is 0 Å². The quantitative estimate of drug-likeness (QED) is 0.653. The summed E-state index contributed by atoms with van der Waals surface area (Å²) < 4.78 is 16.3. The Kier molecular flexibility index (Phi) is 6.56. The van der Waals surface area contributed by atoms with E-state index in [1.54, 1.807) is 35.4 Å². The Balaban J connectivity index is 1.57. The summed E-state index contributed by atoms with van der Waals surface area (Å²) in [5.41, 5.74) is 3.91. The van der Waals surface area contributed by atoms with Crippen LogP contribution >= 0.6 is 11.3 Å². The number of rotatable bonds is 5. The van der Waals surface area contributed by atoms with E-state index in [0.29, 0.717) is 37.8 Å². The number of nitrogens with zero attached hydrogens (tertiary/aromatic N) is 3. The van der Waals surface area contributed by atoms with Crippen LogP contribution in [0.25, 0.3) is 0 Å². The largest absolute Gasteiger partial charge is 0.493 e. The number of methoxy groups -OCH3 is 2. The molecule has 3 aliphatic rings. The van der Waals surface area contributed by atoms with E-state index in [2.05, 4.69) is 0 Å². The minimum Gasteiger partial charge on any atom is -0.493 e. The molecule has 1 fully saturated rings. The van der Waals surface area contributed by atoms with Crippen molar-refractivity contribution in [2.75, 3.05) is 58.5 Å². The number of ether oxygens (including phenoxy) is 3. The molecule has 0 unspecified atom stereocenters. The zero-order valence-electron chi connectivity index (χ0n) is 19.6. The number of hydrogen-bond donors (Lipinski definition) is 0. The van der Waals surface area contributed by atoms with Crippen molar-refractivity contribution in [3.05, 3.63) is 39.8 Å². The van der Waals surface area contributed by atoms with Crippen LogP contribution in [0.1, 0.15) is 34.4 Å². The Bertz CT molecular complexity index is 1140. The standard InChI is InChI=1S/C25H29N3O5S/c1-31-18-8-7-16(13-19(18)32-2)24-23-17-5-3-4-6-20(17)34-25(23)28(21(29)14-26-24)15-22(30)27-9-11-33-12-10-27/h7-8,13H,3-6,9-12,14-15H2,1-2H3. The highest BCUT2D eigenvalue weighted by Gasteiger charge is 2.34. The molecule has 3 heterocycles. The molecule has 180 valence electrons. The van der Waals surface area contributed by atoms with Crippen LogP contribution in [0.4, 0.5) is 5.00 Å². The molecule has 5 rings (SSSR count). The number of thiophene rings is 1. The number of carbonyl (C=O) groups is 2. The van der Waals surface area contributed by atoms with Gasteiger partial charge < -0.3 is 19.1 Å². The number of hydrogen-bond acceptors (Lipinski definition) is 7. The van der Waals surface area contributed by atoms with Gasteiger partial charge in [-0.25, -0.2) is 0 Å². The summed E-state index contributed by atoms with van der Waals surface area (Å²) in [6, 6.07) is 5.73. The second-order valence-corrected chi connectivity index (χ2v) is 9.68. The molecule has 2 amide bonds. The summed E-state index contributed by atoms with van der Waals surface area (Å²) in [6.45, 7) is 2.20. The van der Waals surface area contributed by atoms with E-state index >= 15 is 0 Å². The summed E-state index contributed by atoms with van der Waals surface area (Å²) in [4.78, 5) is 35.9. The summed E-state index contributed by atoms with van der Waals surface area (Å²) in [5.74, 6) is 1.05. The van der Waals surface area contributed by atoms with Crippen molar-refractivity contribution in [3.8, 4) is 11.5 Å². The monoisotopic (exact) mass is 483 g/mol. The summed E-state index contributed by atoms with van der Waals surface area (Å²) in [7, 11) is 3.22. The molecule has 1 saturated heterocycles. The van der Waals surface area contributed by atoms with Crippen LogP contribution in [0.15, 0.2) is 23.2 Å². The average Bonchev–Trinajstić information content (AvgIpc) is 3.20. The fourth-order valence-corrected chi connectivity index (χ4v) is 6.24. The lowest BCUT2D eigenvalue weighted by Crippen LogP contribution is -2.47. The van der Waals surface area contributed by atoms with Gasteiger partial charge in [0.25, 0.3) is 0 Å². The van der Waals surface area contributed by atoms with Crippen LogP contribution < -0.4 is 14.4 Å². The Morgan fingerprint density at radius 2 is 1.88 bits per heavy atom. The number of fused-ring (bicyclic) bond motifs is 3. The molecule has 8 nitrogen and oxygen atoms in total. The van der Waals surface area contributed by atoms with Crippen LogP contribution in [-0.4, -0.2) is 76.0 Å². The zero-order chi connectivity index (χ0) is 23.7. The maximum Gasteiger partial charge on any atom is 0.249 e. The van der Waals surface area contributed by atoms with E-state index in [4.69, 9.17) is 19.2 Å². The molecule has 1 aromatic heterocycles. The van der Waals surface area contributed by atoms with Gasteiger partial charge in [0.2, 0.25) is 11.8 Å². The predicted molar refractivity (Wildman–Crippen MR) is 131 cm³/mol. The first-order valence-electron chi connectivity index (χ1n) is 11.7. The van der Waals surface area contributed by atoms with Crippen molar-refractivity contribution in [3.63, 3.8) is 0 Å². The van der Waals surface area contributed by atoms with Crippen LogP contribution in [0.2, 0.25) is 0 Å². The molecule has 34 heavy (non-hydrogen) atoms. The molecule has 0 saturated carbocycles. The van der Waals surface area contributed by atoms with Gasteiger partial charge in [-0.1, -0.05) is 0 Å². The van der Waals surface area contributed by atoms with Crippen LogP contribution in [0.5, 0.6) is 11.5 Å². The Morgan fingerprint density at radius 1 is 1.12 bits per heavy atom. The topological polar surface area (TPSA) is 80.7 Å². The number of aliphatic imine (C=N–C) groups is 1. The lowest BCUT2D eigenvalue weighted by atomic mass is 9.91. The lowest BCUT2D eigenvalue weighted by molar-refractivity contribution is -0.134. The van der Waals surface area contributed by atoms with E-state index in [9.17, 15) is 9.59 Å². The normalized spacial score (nSPS) is 18.1. The predicted octanol–water partition coefficient (Wildman–Crippen LogP) is 2.69. The fraction of sp³-hybridized carbons (Fsp3) is 0.480. The molecule has 0 radical (unpaired) electrons. The van der Waals surface area contributed by atoms with Crippen molar-refractivity contribution in [2.24, 2.45) is 4.99 Å². The van der Waals surface area contributed by atoms with E-state index in [1.807, 2.05) is 18.2 Å². The summed E-state index contributed by atoms with van der Waals surface area (Å²) >= 11 is 1.64. The summed E-state index contributed by atoms with van der Waals surface area (Å²) in [6.07, 6.45) is 4.19. The van der Waals surface area contributed by atoms with Gasteiger partial charge in [0.05, 0.1) is 33.1 Å². The van der Waals surface area contributed by atoms with Gasteiger partial charge in [-0.15, -0.1) is 11.3 Å². The van der Waals surface area contributed by atoms with Gasteiger partial charge in [0, 0.05) is 29.1 Å². The molecule has 1 aromatic carbocycles. The van der Waals surface area contributed by atoms with Gasteiger partial charge >= 0.3 is 0 Å². The second-order valence-electron chi connectivity index (χ2n) is 8.60. The number of anilines is 1. The Labute approximate surface area is 203 Å².